The van der Waals surface area contributed by atoms with Crippen molar-refractivity contribution in [3.63, 3.8) is 0 Å². The Morgan fingerprint density at radius 3 is 1.94 bits per heavy atom. The number of rotatable bonds is 1. The molecule has 1 rings (SSSR count). The summed E-state index contributed by atoms with van der Waals surface area (Å²) in [7, 11) is -3.20. The summed E-state index contributed by atoms with van der Waals surface area (Å²) in [5.74, 6) is 0. The minimum Gasteiger partial charge on any atom is -0.303 e. The Morgan fingerprint density at radius 1 is 1.19 bits per heavy atom. The van der Waals surface area contributed by atoms with Crippen molar-refractivity contribution < 1.29 is 18.9 Å². The summed E-state index contributed by atoms with van der Waals surface area (Å²) in [5.41, 5.74) is 0.941. The SMILES string of the molecule is COP(=O)(O)O.Cc1ccc(Cl)c(Cl)c1Cl. The molecule has 0 saturated heterocycles. The van der Waals surface area contributed by atoms with Crippen molar-refractivity contribution in [2.45, 2.75) is 6.92 Å². The highest BCUT2D eigenvalue weighted by Crippen LogP contribution is 2.33. The zero-order valence-corrected chi connectivity index (χ0v) is 11.6. The van der Waals surface area contributed by atoms with E-state index in [0.717, 1.165) is 12.7 Å². The van der Waals surface area contributed by atoms with E-state index in [4.69, 9.17) is 44.6 Å². The third-order valence-corrected chi connectivity index (χ3v) is 3.33. The van der Waals surface area contributed by atoms with Crippen LogP contribution in [0.4, 0.5) is 0 Å². The zero-order chi connectivity index (χ0) is 12.9. The molecule has 0 radical (unpaired) electrons. The molecule has 92 valence electrons. The van der Waals surface area contributed by atoms with Gasteiger partial charge in [0.2, 0.25) is 0 Å². The van der Waals surface area contributed by atoms with Crippen LogP contribution in [0.3, 0.4) is 0 Å². The van der Waals surface area contributed by atoms with E-state index in [0.29, 0.717) is 15.1 Å². The Bertz CT molecular complexity index is 378. The molecule has 0 spiro atoms. The molecule has 0 unspecified atom stereocenters. The van der Waals surface area contributed by atoms with E-state index in [9.17, 15) is 4.57 Å². The maximum absolute atomic E-state index is 9.47. The molecule has 1 aromatic carbocycles. The molecule has 8 heteroatoms. The molecule has 0 fully saturated rings. The third kappa shape index (κ3) is 6.06. The lowest BCUT2D eigenvalue weighted by atomic mass is 10.2. The molecular weight excluding hydrogens is 297 g/mol. The normalized spacial score (nSPS) is 10.7. The predicted molar refractivity (Wildman–Crippen MR) is 65.3 cm³/mol. The first-order valence-electron chi connectivity index (χ1n) is 3.90. The lowest BCUT2D eigenvalue weighted by Gasteiger charge is -2.00. The Morgan fingerprint density at radius 2 is 1.62 bits per heavy atom. The van der Waals surface area contributed by atoms with Crippen LogP contribution < -0.4 is 0 Å². The number of aryl methyl sites for hydroxylation is 1. The summed E-state index contributed by atoms with van der Waals surface area (Å²) in [6.45, 7) is 1.88. The highest BCUT2D eigenvalue weighted by atomic mass is 35.5. The smallest absolute Gasteiger partial charge is 0.303 e. The summed E-state index contributed by atoms with van der Waals surface area (Å²) >= 11 is 17.2. The van der Waals surface area contributed by atoms with Crippen molar-refractivity contribution in [1.82, 2.24) is 0 Å². The topological polar surface area (TPSA) is 66.8 Å². The highest BCUT2D eigenvalue weighted by Gasteiger charge is 2.07. The van der Waals surface area contributed by atoms with E-state index in [1.807, 2.05) is 13.0 Å². The third-order valence-electron chi connectivity index (χ3n) is 1.47. The molecule has 0 aromatic heterocycles. The van der Waals surface area contributed by atoms with Gasteiger partial charge in [-0.2, -0.15) is 0 Å². The van der Waals surface area contributed by atoms with Gasteiger partial charge in [-0.1, -0.05) is 40.9 Å². The number of phosphoric ester groups is 1. The van der Waals surface area contributed by atoms with E-state index in [1.165, 1.54) is 0 Å². The van der Waals surface area contributed by atoms with E-state index >= 15 is 0 Å². The Labute approximate surface area is 108 Å². The van der Waals surface area contributed by atoms with Gasteiger partial charge in [-0.15, -0.1) is 0 Å². The van der Waals surface area contributed by atoms with Crippen molar-refractivity contribution >= 4 is 42.6 Å². The van der Waals surface area contributed by atoms with Gasteiger partial charge in [0, 0.05) is 7.11 Å². The lowest BCUT2D eigenvalue weighted by Crippen LogP contribution is -1.76. The molecule has 0 aliphatic carbocycles. The van der Waals surface area contributed by atoms with Crippen LogP contribution in [0, 0.1) is 6.92 Å². The first-order valence-corrected chi connectivity index (χ1v) is 6.57. The van der Waals surface area contributed by atoms with Gasteiger partial charge < -0.3 is 9.79 Å². The van der Waals surface area contributed by atoms with E-state index in [-0.39, 0.29) is 0 Å². The van der Waals surface area contributed by atoms with Gasteiger partial charge >= 0.3 is 7.82 Å². The molecular formula is C8H10Cl3O4P. The molecule has 0 bridgehead atoms. The van der Waals surface area contributed by atoms with Gasteiger partial charge in [0.15, 0.2) is 0 Å². The fourth-order valence-corrected chi connectivity index (χ4v) is 1.21. The number of hydrogen-bond acceptors (Lipinski definition) is 2. The van der Waals surface area contributed by atoms with Crippen LogP contribution in [-0.2, 0) is 9.09 Å². The van der Waals surface area contributed by atoms with E-state index < -0.39 is 7.82 Å². The molecule has 0 saturated carbocycles. The summed E-state index contributed by atoms with van der Waals surface area (Å²) in [4.78, 5) is 15.4. The number of benzene rings is 1. The predicted octanol–water partition coefficient (Wildman–Crippen LogP) is 3.68. The van der Waals surface area contributed by atoms with Gasteiger partial charge in [-0.3, -0.25) is 4.52 Å². The van der Waals surface area contributed by atoms with Crippen molar-refractivity contribution in [1.29, 1.82) is 0 Å². The van der Waals surface area contributed by atoms with Crippen molar-refractivity contribution in [3.8, 4) is 0 Å². The maximum Gasteiger partial charge on any atom is 0.469 e. The van der Waals surface area contributed by atoms with Crippen molar-refractivity contribution in [2.24, 2.45) is 0 Å². The van der Waals surface area contributed by atoms with Crippen LogP contribution in [0.25, 0.3) is 0 Å². The van der Waals surface area contributed by atoms with E-state index in [2.05, 4.69) is 4.52 Å². The first kappa shape index (κ1) is 16.2. The van der Waals surface area contributed by atoms with E-state index in [1.54, 1.807) is 6.07 Å². The largest absolute Gasteiger partial charge is 0.469 e. The average molecular weight is 307 g/mol. The standard InChI is InChI=1S/C7H5Cl3.CH5O4P/c1-4-2-3-5(8)7(10)6(4)9;1-5-6(2,3)4/h2-3H,1H3;1H3,(H2,2,3,4). The van der Waals surface area contributed by atoms with Crippen LogP contribution in [0.15, 0.2) is 12.1 Å². The van der Waals surface area contributed by atoms with Crippen LogP contribution >= 0.6 is 42.6 Å². The van der Waals surface area contributed by atoms with Gasteiger partial charge in [-0.25, -0.2) is 4.57 Å². The van der Waals surface area contributed by atoms with Gasteiger partial charge in [-0.05, 0) is 18.6 Å². The van der Waals surface area contributed by atoms with Gasteiger partial charge in [0.05, 0.1) is 15.1 Å². The molecule has 1 aromatic rings. The van der Waals surface area contributed by atoms with Crippen molar-refractivity contribution in [3.05, 3.63) is 32.8 Å². The minimum absolute atomic E-state index is 0.434. The fourth-order valence-electron chi connectivity index (χ4n) is 0.622. The summed E-state index contributed by atoms with van der Waals surface area (Å²) in [6.07, 6.45) is 0. The number of phosphoric acid groups is 1. The molecule has 0 atom stereocenters. The minimum atomic E-state index is -4.15. The molecule has 0 heterocycles. The second kappa shape index (κ2) is 6.82. The van der Waals surface area contributed by atoms with Gasteiger partial charge in [0.1, 0.15) is 0 Å². The fraction of sp³-hybridized carbons (Fsp3) is 0.250. The van der Waals surface area contributed by atoms with Gasteiger partial charge in [0.25, 0.3) is 0 Å². The molecule has 4 nitrogen and oxygen atoms in total. The van der Waals surface area contributed by atoms with Crippen LogP contribution in [0.1, 0.15) is 5.56 Å². The number of hydrogen-bond donors (Lipinski definition) is 2. The molecule has 0 aliphatic rings. The molecule has 2 N–H and O–H groups in total. The maximum atomic E-state index is 9.47. The molecule has 16 heavy (non-hydrogen) atoms. The van der Waals surface area contributed by atoms with Crippen LogP contribution in [0.2, 0.25) is 15.1 Å². The van der Waals surface area contributed by atoms with Crippen LogP contribution in [0.5, 0.6) is 0 Å². The first-order chi connectivity index (χ1) is 7.19. The summed E-state index contributed by atoms with van der Waals surface area (Å²) in [5, 5.41) is 1.47. The Kier molecular flexibility index (Phi) is 6.90. The quantitative estimate of drug-likeness (QED) is 0.613. The summed E-state index contributed by atoms with van der Waals surface area (Å²) < 4.78 is 13.1. The Balaban J connectivity index is 0.000000325. The Hall–Kier alpha value is 0.200. The molecule has 0 aliphatic heterocycles. The molecule has 0 amide bonds. The summed E-state index contributed by atoms with van der Waals surface area (Å²) in [6, 6.07) is 3.56. The average Bonchev–Trinajstić information content (AvgIpc) is 2.21. The number of halogens is 3. The second-order valence-electron chi connectivity index (χ2n) is 2.67. The highest BCUT2D eigenvalue weighted by molar-refractivity contribution is 7.46. The van der Waals surface area contributed by atoms with Crippen LogP contribution in [-0.4, -0.2) is 16.9 Å². The lowest BCUT2D eigenvalue weighted by molar-refractivity contribution is 0.235. The monoisotopic (exact) mass is 306 g/mol. The van der Waals surface area contributed by atoms with Crippen molar-refractivity contribution in [2.75, 3.05) is 7.11 Å². The second-order valence-corrected chi connectivity index (χ2v) is 5.17. The zero-order valence-electron chi connectivity index (χ0n) is 8.45.